The molecular weight excluding hydrogens is 228 g/mol. The maximum Gasteiger partial charge on any atom is 0.228 e. The third-order valence-electron chi connectivity index (χ3n) is 3.04. The van der Waals surface area contributed by atoms with Gasteiger partial charge in [0.05, 0.1) is 18.2 Å². The Balaban J connectivity index is 2.00. The smallest absolute Gasteiger partial charge is 0.228 e. The van der Waals surface area contributed by atoms with Crippen LogP contribution in [0.5, 0.6) is 5.75 Å². The molecule has 1 aromatic carbocycles. The van der Waals surface area contributed by atoms with Crippen LogP contribution in [0, 0.1) is 5.92 Å². The first-order valence-corrected chi connectivity index (χ1v) is 6.54. The molecule has 1 aliphatic rings. The summed E-state index contributed by atoms with van der Waals surface area (Å²) in [5, 5.41) is 6.15. The van der Waals surface area contributed by atoms with Gasteiger partial charge >= 0.3 is 0 Å². The van der Waals surface area contributed by atoms with Crippen LogP contribution in [0.15, 0.2) is 24.3 Å². The predicted octanol–water partition coefficient (Wildman–Crippen LogP) is 2.02. The molecule has 1 saturated heterocycles. The van der Waals surface area contributed by atoms with Crippen molar-refractivity contribution in [3.63, 3.8) is 0 Å². The van der Waals surface area contributed by atoms with Crippen molar-refractivity contribution in [1.82, 2.24) is 5.32 Å². The average molecular weight is 248 g/mol. The Kier molecular flexibility index (Phi) is 4.59. The normalized spacial score (nSPS) is 18.6. The van der Waals surface area contributed by atoms with Crippen molar-refractivity contribution in [1.29, 1.82) is 0 Å². The van der Waals surface area contributed by atoms with Crippen LogP contribution >= 0.6 is 0 Å². The second-order valence-electron chi connectivity index (χ2n) is 4.52. The summed E-state index contributed by atoms with van der Waals surface area (Å²) in [7, 11) is 0. The van der Waals surface area contributed by atoms with E-state index in [9.17, 15) is 4.79 Å². The van der Waals surface area contributed by atoms with Gasteiger partial charge in [-0.05, 0) is 31.5 Å². The van der Waals surface area contributed by atoms with Gasteiger partial charge in [0, 0.05) is 6.54 Å². The molecule has 1 aliphatic heterocycles. The molecule has 0 bridgehead atoms. The van der Waals surface area contributed by atoms with E-state index in [2.05, 4.69) is 17.6 Å². The molecule has 4 heteroatoms. The standard InChI is InChI=1S/C14H20N2O2/c1-2-9-18-13-6-4-3-5-12(13)16-14(17)11-7-8-15-10-11/h3-6,11,15H,2,7-10H2,1H3,(H,16,17). The molecule has 2 rings (SSSR count). The van der Waals surface area contributed by atoms with Crippen LogP contribution in [0.2, 0.25) is 0 Å². The number of carbonyl (C=O) groups excluding carboxylic acids is 1. The molecular formula is C14H20N2O2. The Morgan fingerprint density at radius 3 is 3.06 bits per heavy atom. The molecule has 0 saturated carbocycles. The summed E-state index contributed by atoms with van der Waals surface area (Å²) in [5.74, 6) is 0.899. The Labute approximate surface area is 108 Å². The number of rotatable bonds is 5. The number of ether oxygens (including phenoxy) is 1. The largest absolute Gasteiger partial charge is 0.491 e. The minimum absolute atomic E-state index is 0.0734. The highest BCUT2D eigenvalue weighted by Crippen LogP contribution is 2.25. The lowest BCUT2D eigenvalue weighted by Gasteiger charge is -2.14. The molecule has 0 aliphatic carbocycles. The van der Waals surface area contributed by atoms with E-state index in [0.717, 1.165) is 37.4 Å². The summed E-state index contributed by atoms with van der Waals surface area (Å²) in [4.78, 5) is 12.0. The quantitative estimate of drug-likeness (QED) is 0.838. The summed E-state index contributed by atoms with van der Waals surface area (Å²) < 4.78 is 5.62. The molecule has 1 heterocycles. The SMILES string of the molecule is CCCOc1ccccc1NC(=O)C1CCNC1. The van der Waals surface area contributed by atoms with Crippen LogP contribution < -0.4 is 15.4 Å². The highest BCUT2D eigenvalue weighted by Gasteiger charge is 2.22. The van der Waals surface area contributed by atoms with Crippen LogP contribution in [-0.2, 0) is 4.79 Å². The van der Waals surface area contributed by atoms with Crippen molar-refractivity contribution in [2.75, 3.05) is 25.0 Å². The first kappa shape index (κ1) is 12.9. The summed E-state index contributed by atoms with van der Waals surface area (Å²) >= 11 is 0. The Morgan fingerprint density at radius 1 is 1.50 bits per heavy atom. The molecule has 1 amide bonds. The van der Waals surface area contributed by atoms with Gasteiger partial charge in [0.2, 0.25) is 5.91 Å². The zero-order valence-electron chi connectivity index (χ0n) is 10.7. The molecule has 2 N–H and O–H groups in total. The molecule has 1 unspecified atom stereocenters. The molecule has 1 aromatic rings. The topological polar surface area (TPSA) is 50.4 Å². The minimum atomic E-state index is 0.0734. The van der Waals surface area contributed by atoms with Gasteiger partial charge in [-0.3, -0.25) is 4.79 Å². The van der Waals surface area contributed by atoms with Crippen molar-refractivity contribution in [3.05, 3.63) is 24.3 Å². The van der Waals surface area contributed by atoms with Crippen LogP contribution in [-0.4, -0.2) is 25.6 Å². The maximum atomic E-state index is 12.0. The number of nitrogens with one attached hydrogen (secondary N) is 2. The number of hydrogen-bond donors (Lipinski definition) is 2. The minimum Gasteiger partial charge on any atom is -0.491 e. The van der Waals surface area contributed by atoms with Gasteiger partial charge in [0.15, 0.2) is 0 Å². The molecule has 0 aromatic heterocycles. The lowest BCUT2D eigenvalue weighted by atomic mass is 10.1. The number of carbonyl (C=O) groups is 1. The first-order valence-electron chi connectivity index (χ1n) is 6.54. The fourth-order valence-corrected chi connectivity index (χ4v) is 2.02. The van der Waals surface area contributed by atoms with Gasteiger partial charge in [-0.25, -0.2) is 0 Å². The van der Waals surface area contributed by atoms with Gasteiger partial charge in [0.25, 0.3) is 0 Å². The number of benzene rings is 1. The zero-order valence-corrected chi connectivity index (χ0v) is 10.7. The highest BCUT2D eigenvalue weighted by molar-refractivity contribution is 5.94. The van der Waals surface area contributed by atoms with Gasteiger partial charge < -0.3 is 15.4 Å². The Hall–Kier alpha value is -1.55. The number of para-hydroxylation sites is 2. The van der Waals surface area contributed by atoms with Crippen molar-refractivity contribution in [3.8, 4) is 5.75 Å². The van der Waals surface area contributed by atoms with Crippen LogP contribution in [0.4, 0.5) is 5.69 Å². The van der Waals surface area contributed by atoms with E-state index in [-0.39, 0.29) is 11.8 Å². The van der Waals surface area contributed by atoms with Crippen molar-refractivity contribution in [2.24, 2.45) is 5.92 Å². The summed E-state index contributed by atoms with van der Waals surface area (Å²) in [5.41, 5.74) is 0.767. The number of anilines is 1. The number of hydrogen-bond acceptors (Lipinski definition) is 3. The van der Waals surface area contributed by atoms with Gasteiger partial charge in [0.1, 0.15) is 5.75 Å². The van der Waals surface area contributed by atoms with E-state index in [0.29, 0.717) is 6.61 Å². The van der Waals surface area contributed by atoms with E-state index in [1.54, 1.807) is 0 Å². The summed E-state index contributed by atoms with van der Waals surface area (Å²) in [6, 6.07) is 7.59. The van der Waals surface area contributed by atoms with Gasteiger partial charge in [-0.2, -0.15) is 0 Å². The summed E-state index contributed by atoms with van der Waals surface area (Å²) in [6.07, 6.45) is 1.86. The molecule has 0 radical (unpaired) electrons. The van der Waals surface area contributed by atoms with E-state index < -0.39 is 0 Å². The molecule has 1 atom stereocenters. The fraction of sp³-hybridized carbons (Fsp3) is 0.500. The monoisotopic (exact) mass is 248 g/mol. The molecule has 18 heavy (non-hydrogen) atoms. The predicted molar refractivity (Wildman–Crippen MR) is 71.8 cm³/mol. The van der Waals surface area contributed by atoms with E-state index in [1.807, 2.05) is 24.3 Å². The molecule has 1 fully saturated rings. The van der Waals surface area contributed by atoms with E-state index >= 15 is 0 Å². The van der Waals surface area contributed by atoms with E-state index in [1.165, 1.54) is 0 Å². The lowest BCUT2D eigenvalue weighted by molar-refractivity contribution is -0.119. The zero-order chi connectivity index (χ0) is 12.8. The van der Waals surface area contributed by atoms with Crippen molar-refractivity contribution < 1.29 is 9.53 Å². The van der Waals surface area contributed by atoms with Gasteiger partial charge in [-0.15, -0.1) is 0 Å². The van der Waals surface area contributed by atoms with Crippen molar-refractivity contribution >= 4 is 11.6 Å². The Bertz CT molecular complexity index is 401. The molecule has 4 nitrogen and oxygen atoms in total. The van der Waals surface area contributed by atoms with Gasteiger partial charge in [-0.1, -0.05) is 19.1 Å². The molecule has 0 spiro atoms. The van der Waals surface area contributed by atoms with Crippen LogP contribution in [0.3, 0.4) is 0 Å². The van der Waals surface area contributed by atoms with Crippen LogP contribution in [0.25, 0.3) is 0 Å². The Morgan fingerprint density at radius 2 is 2.33 bits per heavy atom. The lowest BCUT2D eigenvalue weighted by Crippen LogP contribution is -2.24. The third-order valence-corrected chi connectivity index (χ3v) is 3.04. The first-order chi connectivity index (χ1) is 8.81. The van der Waals surface area contributed by atoms with Crippen molar-refractivity contribution in [2.45, 2.75) is 19.8 Å². The molecule has 98 valence electrons. The number of amides is 1. The third kappa shape index (κ3) is 3.23. The second kappa shape index (κ2) is 6.40. The summed E-state index contributed by atoms with van der Waals surface area (Å²) in [6.45, 7) is 4.42. The fourth-order valence-electron chi connectivity index (χ4n) is 2.02. The second-order valence-corrected chi connectivity index (χ2v) is 4.52. The maximum absolute atomic E-state index is 12.0. The average Bonchev–Trinajstić information content (AvgIpc) is 2.91. The van der Waals surface area contributed by atoms with E-state index in [4.69, 9.17) is 4.74 Å². The highest BCUT2D eigenvalue weighted by atomic mass is 16.5. The van der Waals surface area contributed by atoms with Crippen LogP contribution in [0.1, 0.15) is 19.8 Å².